The Bertz CT molecular complexity index is 953. The normalized spacial score (nSPS) is 18.6. The number of hydrogen-bond donors (Lipinski definition) is 0. The van der Waals surface area contributed by atoms with E-state index in [1.807, 2.05) is 36.4 Å². The fraction of sp³-hybridized carbons (Fsp3) is 0.381. The van der Waals surface area contributed by atoms with E-state index in [2.05, 4.69) is 0 Å². The summed E-state index contributed by atoms with van der Waals surface area (Å²) in [6.45, 7) is 1.59. The second-order valence-corrected chi connectivity index (χ2v) is 10.2. The van der Waals surface area contributed by atoms with Crippen LogP contribution in [0.2, 0.25) is 0 Å². The Morgan fingerprint density at radius 1 is 0.929 bits per heavy atom. The van der Waals surface area contributed by atoms with E-state index in [-0.39, 0.29) is 10.8 Å². The molecule has 0 saturated carbocycles. The smallest absolute Gasteiger partial charge is 0.243 e. The summed E-state index contributed by atoms with van der Waals surface area (Å²) < 4.78 is 28.0. The van der Waals surface area contributed by atoms with Gasteiger partial charge in [-0.25, -0.2) is 8.42 Å². The molecule has 2 aliphatic rings. The quantitative estimate of drug-likeness (QED) is 0.759. The standard InChI is InChI=1S/C21H24N2O3S2/c24-21-16-27-20-11-10-18(28(25,26)22-12-6-1-2-7-13-22)14-19(20)23(21)15-17-8-4-3-5-9-17/h3-5,8-11,14H,1-2,6-7,12-13,15-16H2. The Kier molecular flexibility index (Phi) is 5.75. The van der Waals surface area contributed by atoms with Crippen LogP contribution in [-0.2, 0) is 21.4 Å². The van der Waals surface area contributed by atoms with Crippen molar-refractivity contribution in [2.75, 3.05) is 23.7 Å². The van der Waals surface area contributed by atoms with Gasteiger partial charge in [0.1, 0.15) is 0 Å². The molecule has 0 atom stereocenters. The molecule has 0 aromatic heterocycles. The molecular weight excluding hydrogens is 392 g/mol. The van der Waals surface area contributed by atoms with Crippen molar-refractivity contribution >= 4 is 33.4 Å². The van der Waals surface area contributed by atoms with Crippen LogP contribution in [0.1, 0.15) is 31.2 Å². The van der Waals surface area contributed by atoms with E-state index < -0.39 is 10.0 Å². The van der Waals surface area contributed by atoms with Gasteiger partial charge >= 0.3 is 0 Å². The van der Waals surface area contributed by atoms with Gasteiger partial charge in [-0.3, -0.25) is 4.79 Å². The van der Waals surface area contributed by atoms with Crippen LogP contribution in [0.4, 0.5) is 5.69 Å². The summed E-state index contributed by atoms with van der Waals surface area (Å²) in [6.07, 6.45) is 3.95. The van der Waals surface area contributed by atoms with E-state index in [1.165, 1.54) is 11.8 Å². The van der Waals surface area contributed by atoms with E-state index in [9.17, 15) is 13.2 Å². The third kappa shape index (κ3) is 3.97. The maximum absolute atomic E-state index is 13.2. The van der Waals surface area contributed by atoms with Gasteiger partial charge in [-0.1, -0.05) is 43.2 Å². The number of benzene rings is 2. The summed E-state index contributed by atoms with van der Waals surface area (Å²) >= 11 is 1.47. The topological polar surface area (TPSA) is 57.7 Å². The summed E-state index contributed by atoms with van der Waals surface area (Å²) in [4.78, 5) is 15.6. The van der Waals surface area contributed by atoms with Gasteiger partial charge in [0, 0.05) is 18.0 Å². The molecule has 1 fully saturated rings. The van der Waals surface area contributed by atoms with Gasteiger partial charge in [0.2, 0.25) is 15.9 Å². The highest BCUT2D eigenvalue weighted by Gasteiger charge is 2.30. The first-order valence-electron chi connectivity index (χ1n) is 9.67. The number of hydrogen-bond acceptors (Lipinski definition) is 4. The van der Waals surface area contributed by atoms with Crippen LogP contribution in [0.15, 0.2) is 58.3 Å². The van der Waals surface area contributed by atoms with Gasteiger partial charge in [0.25, 0.3) is 0 Å². The van der Waals surface area contributed by atoms with Gasteiger partial charge in [-0.05, 0) is 36.6 Å². The predicted octanol–water partition coefficient (Wildman–Crippen LogP) is 3.89. The van der Waals surface area contributed by atoms with Crippen LogP contribution in [-0.4, -0.2) is 37.5 Å². The molecule has 0 spiro atoms. The van der Waals surface area contributed by atoms with Crippen molar-refractivity contribution in [1.29, 1.82) is 0 Å². The highest BCUT2D eigenvalue weighted by Crippen LogP contribution is 2.38. The molecule has 2 aromatic rings. The van der Waals surface area contributed by atoms with Crippen molar-refractivity contribution in [3.63, 3.8) is 0 Å². The fourth-order valence-electron chi connectivity index (χ4n) is 3.71. The summed E-state index contributed by atoms with van der Waals surface area (Å²) in [7, 11) is -3.55. The Labute approximate surface area is 170 Å². The number of amides is 1. The second kappa shape index (κ2) is 8.27. The molecule has 1 saturated heterocycles. The zero-order chi connectivity index (χ0) is 19.6. The number of carbonyl (C=O) groups is 1. The molecule has 0 N–H and O–H groups in total. The summed E-state index contributed by atoms with van der Waals surface area (Å²) in [5.41, 5.74) is 1.72. The zero-order valence-corrected chi connectivity index (χ0v) is 17.3. The van der Waals surface area contributed by atoms with E-state index in [1.54, 1.807) is 21.3 Å². The summed E-state index contributed by atoms with van der Waals surface area (Å²) in [5.74, 6) is 0.378. The van der Waals surface area contributed by atoms with Gasteiger partial charge < -0.3 is 4.90 Å². The fourth-order valence-corrected chi connectivity index (χ4v) is 6.17. The minimum atomic E-state index is -3.55. The SMILES string of the molecule is O=C1CSc2ccc(S(=O)(=O)N3CCCCCC3)cc2N1Cc1ccccc1. The molecule has 4 rings (SSSR count). The summed E-state index contributed by atoms with van der Waals surface area (Å²) in [5, 5.41) is 0. The van der Waals surface area contributed by atoms with E-state index in [0.717, 1.165) is 36.1 Å². The molecule has 2 aromatic carbocycles. The van der Waals surface area contributed by atoms with Crippen LogP contribution in [0.25, 0.3) is 0 Å². The average Bonchev–Trinajstić information content (AvgIpc) is 3.01. The second-order valence-electron chi connectivity index (χ2n) is 7.20. The molecule has 1 amide bonds. The Hall–Kier alpha value is -1.83. The number of carbonyl (C=O) groups excluding carboxylic acids is 1. The maximum Gasteiger partial charge on any atom is 0.243 e. The van der Waals surface area contributed by atoms with Crippen molar-refractivity contribution in [2.24, 2.45) is 0 Å². The lowest BCUT2D eigenvalue weighted by atomic mass is 10.2. The van der Waals surface area contributed by atoms with Crippen molar-refractivity contribution < 1.29 is 13.2 Å². The molecule has 2 heterocycles. The molecule has 2 aliphatic heterocycles. The molecule has 0 bridgehead atoms. The van der Waals surface area contributed by atoms with E-state index in [0.29, 0.717) is 31.1 Å². The van der Waals surface area contributed by atoms with Crippen LogP contribution >= 0.6 is 11.8 Å². The molecule has 148 valence electrons. The minimum absolute atomic E-state index is 0.00525. The first kappa shape index (κ1) is 19.5. The number of nitrogens with zero attached hydrogens (tertiary/aromatic N) is 2. The molecule has 0 aliphatic carbocycles. The van der Waals surface area contributed by atoms with E-state index in [4.69, 9.17) is 0 Å². The molecule has 5 nitrogen and oxygen atoms in total. The highest BCUT2D eigenvalue weighted by atomic mass is 32.2. The molecule has 0 unspecified atom stereocenters. The zero-order valence-electron chi connectivity index (χ0n) is 15.7. The number of anilines is 1. The average molecular weight is 417 g/mol. The number of thioether (sulfide) groups is 1. The van der Waals surface area contributed by atoms with Gasteiger partial charge in [0.15, 0.2) is 0 Å². The Balaban J connectivity index is 1.68. The van der Waals surface area contributed by atoms with Gasteiger partial charge in [-0.15, -0.1) is 11.8 Å². The van der Waals surface area contributed by atoms with Crippen LogP contribution in [0.5, 0.6) is 0 Å². The number of sulfonamides is 1. The van der Waals surface area contributed by atoms with Crippen LogP contribution in [0.3, 0.4) is 0 Å². The minimum Gasteiger partial charge on any atom is -0.306 e. The van der Waals surface area contributed by atoms with Crippen molar-refractivity contribution in [1.82, 2.24) is 4.31 Å². The largest absolute Gasteiger partial charge is 0.306 e. The van der Waals surface area contributed by atoms with Gasteiger partial charge in [-0.2, -0.15) is 4.31 Å². The van der Waals surface area contributed by atoms with Crippen molar-refractivity contribution in [3.05, 3.63) is 54.1 Å². The lowest BCUT2D eigenvalue weighted by Crippen LogP contribution is -2.35. The molecule has 0 radical (unpaired) electrons. The molecule has 7 heteroatoms. The van der Waals surface area contributed by atoms with Crippen LogP contribution in [0, 0.1) is 0 Å². The molecule has 28 heavy (non-hydrogen) atoms. The summed E-state index contributed by atoms with van der Waals surface area (Å²) in [6, 6.07) is 15.0. The highest BCUT2D eigenvalue weighted by molar-refractivity contribution is 8.00. The first-order valence-corrected chi connectivity index (χ1v) is 12.1. The lowest BCUT2D eigenvalue weighted by molar-refractivity contribution is -0.116. The van der Waals surface area contributed by atoms with Crippen molar-refractivity contribution in [2.45, 2.75) is 42.0 Å². The van der Waals surface area contributed by atoms with Crippen LogP contribution < -0.4 is 4.90 Å². The van der Waals surface area contributed by atoms with Gasteiger partial charge in [0.05, 0.1) is 22.9 Å². The maximum atomic E-state index is 13.2. The molecular formula is C21H24N2O3S2. The van der Waals surface area contributed by atoms with E-state index >= 15 is 0 Å². The van der Waals surface area contributed by atoms with Crippen molar-refractivity contribution in [3.8, 4) is 0 Å². The Morgan fingerprint density at radius 2 is 1.64 bits per heavy atom. The number of rotatable bonds is 4. The predicted molar refractivity (Wildman–Crippen MR) is 112 cm³/mol. The Morgan fingerprint density at radius 3 is 2.36 bits per heavy atom. The number of fused-ring (bicyclic) bond motifs is 1. The lowest BCUT2D eigenvalue weighted by Gasteiger charge is -2.30. The third-order valence-corrected chi connectivity index (χ3v) is 8.20. The monoisotopic (exact) mass is 416 g/mol. The third-order valence-electron chi connectivity index (χ3n) is 5.26. The first-order chi connectivity index (χ1) is 13.6.